The largest absolute Gasteiger partial charge is 0.461 e. The van der Waals surface area contributed by atoms with Gasteiger partial charge >= 0.3 is 5.97 Å². The maximum absolute atomic E-state index is 13.9. The second-order valence-corrected chi connectivity index (χ2v) is 6.46. The van der Waals surface area contributed by atoms with Crippen LogP contribution in [0.5, 0.6) is 0 Å². The van der Waals surface area contributed by atoms with Crippen molar-refractivity contribution >= 4 is 39.9 Å². The van der Waals surface area contributed by atoms with Crippen molar-refractivity contribution in [1.82, 2.24) is 4.98 Å². The Balaban J connectivity index is 1.65. The van der Waals surface area contributed by atoms with Crippen LogP contribution >= 0.6 is 11.3 Å². The zero-order valence-electron chi connectivity index (χ0n) is 13.9. The molecular weight excluding hydrogens is 361 g/mol. The van der Waals surface area contributed by atoms with Gasteiger partial charge in [-0.05, 0) is 19.1 Å². The molecule has 9 heteroatoms. The minimum Gasteiger partial charge on any atom is -0.461 e. The van der Waals surface area contributed by atoms with Crippen molar-refractivity contribution in [2.45, 2.75) is 13.3 Å². The van der Waals surface area contributed by atoms with Gasteiger partial charge in [0.05, 0.1) is 18.2 Å². The third-order valence-electron chi connectivity index (χ3n) is 3.86. The molecular formula is C17H16FN3O4S. The van der Waals surface area contributed by atoms with Crippen LogP contribution < -0.4 is 10.2 Å². The molecule has 1 saturated heterocycles. The molecule has 2 amide bonds. The van der Waals surface area contributed by atoms with Gasteiger partial charge in [-0.3, -0.25) is 9.59 Å². The van der Waals surface area contributed by atoms with Crippen molar-refractivity contribution in [3.8, 4) is 0 Å². The Morgan fingerprint density at radius 3 is 2.92 bits per heavy atom. The molecule has 1 aliphatic heterocycles. The lowest BCUT2D eigenvalue weighted by Gasteiger charge is -2.17. The summed E-state index contributed by atoms with van der Waals surface area (Å²) in [7, 11) is 0. The number of hydrogen-bond donors (Lipinski definition) is 1. The lowest BCUT2D eigenvalue weighted by atomic mass is 10.1. The molecule has 0 radical (unpaired) electrons. The number of benzene rings is 1. The number of nitrogens with one attached hydrogen (secondary N) is 1. The Bertz CT molecular complexity index is 854. The number of esters is 1. The van der Waals surface area contributed by atoms with Crippen LogP contribution in [0.4, 0.5) is 15.2 Å². The molecule has 0 saturated carbocycles. The second-order valence-electron chi connectivity index (χ2n) is 5.60. The lowest BCUT2D eigenvalue weighted by Crippen LogP contribution is -2.28. The molecule has 136 valence electrons. The summed E-state index contributed by atoms with van der Waals surface area (Å²) < 4.78 is 18.7. The molecule has 0 bridgehead atoms. The highest BCUT2D eigenvalue weighted by Gasteiger charge is 2.36. The molecule has 3 rings (SSSR count). The van der Waals surface area contributed by atoms with E-state index in [-0.39, 0.29) is 42.0 Å². The van der Waals surface area contributed by atoms with Crippen molar-refractivity contribution in [3.05, 3.63) is 41.2 Å². The molecule has 2 aromatic rings. The van der Waals surface area contributed by atoms with E-state index in [0.29, 0.717) is 0 Å². The summed E-state index contributed by atoms with van der Waals surface area (Å²) >= 11 is 1.09. The van der Waals surface area contributed by atoms with Crippen molar-refractivity contribution in [3.63, 3.8) is 0 Å². The van der Waals surface area contributed by atoms with Crippen molar-refractivity contribution in [2.24, 2.45) is 5.92 Å². The fraction of sp³-hybridized carbons (Fsp3) is 0.294. The molecule has 1 atom stereocenters. The molecule has 1 fully saturated rings. The molecule has 1 aliphatic rings. The Morgan fingerprint density at radius 1 is 1.42 bits per heavy atom. The van der Waals surface area contributed by atoms with Crippen molar-refractivity contribution in [1.29, 1.82) is 0 Å². The Hall–Kier alpha value is -2.81. The summed E-state index contributed by atoms with van der Waals surface area (Å²) in [5.74, 6) is -2.42. The quantitative estimate of drug-likeness (QED) is 0.809. The fourth-order valence-corrected chi connectivity index (χ4v) is 3.31. The first kappa shape index (κ1) is 18.0. The van der Waals surface area contributed by atoms with E-state index in [0.717, 1.165) is 11.3 Å². The number of nitrogens with zero attached hydrogens (tertiary/aromatic N) is 2. The van der Waals surface area contributed by atoms with Gasteiger partial charge in [-0.15, -0.1) is 11.3 Å². The highest BCUT2D eigenvalue weighted by atomic mass is 32.1. The molecule has 0 unspecified atom stereocenters. The maximum Gasteiger partial charge on any atom is 0.357 e. The standard InChI is InChI=1S/C17H16FN3O4S/c1-2-25-16(24)12-9-26-17(19-12)20-15(23)10-7-14(22)21(8-10)13-6-4-3-5-11(13)18/h3-6,9-10H,2,7-8H2,1H3,(H,19,20,23)/t10-/m0/s1. The summed E-state index contributed by atoms with van der Waals surface area (Å²) in [5, 5.41) is 4.33. The van der Waals surface area contributed by atoms with E-state index in [4.69, 9.17) is 4.74 Å². The Kier molecular flexibility index (Phi) is 5.27. The normalized spacial score (nSPS) is 16.6. The van der Waals surface area contributed by atoms with Crippen molar-refractivity contribution < 1.29 is 23.5 Å². The highest BCUT2D eigenvalue weighted by Crippen LogP contribution is 2.28. The molecule has 0 spiro atoms. The van der Waals surface area contributed by atoms with Gasteiger partial charge in [0.2, 0.25) is 11.8 Å². The van der Waals surface area contributed by atoms with Gasteiger partial charge < -0.3 is 15.0 Å². The molecule has 7 nitrogen and oxygen atoms in total. The minimum atomic E-state index is -0.628. The number of carbonyl (C=O) groups excluding carboxylic acids is 3. The van der Waals surface area contributed by atoms with Crippen LogP contribution in [0, 0.1) is 11.7 Å². The number of rotatable bonds is 5. The number of halogens is 1. The monoisotopic (exact) mass is 377 g/mol. The molecule has 1 aromatic heterocycles. The van der Waals surface area contributed by atoms with E-state index >= 15 is 0 Å². The molecule has 1 aromatic carbocycles. The topological polar surface area (TPSA) is 88.6 Å². The van der Waals surface area contributed by atoms with E-state index in [2.05, 4.69) is 10.3 Å². The van der Waals surface area contributed by atoms with Gasteiger partial charge in [0.1, 0.15) is 5.82 Å². The van der Waals surface area contributed by atoms with E-state index in [9.17, 15) is 18.8 Å². The van der Waals surface area contributed by atoms with E-state index in [1.807, 2.05) is 0 Å². The third kappa shape index (κ3) is 3.72. The van der Waals surface area contributed by atoms with Crippen molar-refractivity contribution in [2.75, 3.05) is 23.4 Å². The number of carbonyl (C=O) groups is 3. The maximum atomic E-state index is 13.9. The summed E-state index contributed by atoms with van der Waals surface area (Å²) in [6.45, 7) is 2.00. The minimum absolute atomic E-state index is 0.0176. The zero-order valence-corrected chi connectivity index (χ0v) is 14.7. The van der Waals surface area contributed by atoms with Gasteiger partial charge in [0.15, 0.2) is 10.8 Å². The molecule has 26 heavy (non-hydrogen) atoms. The van der Waals surface area contributed by atoms with Crippen LogP contribution in [0.2, 0.25) is 0 Å². The summed E-state index contributed by atoms with van der Waals surface area (Å²) in [4.78, 5) is 41.4. The predicted molar refractivity (Wildman–Crippen MR) is 93.6 cm³/mol. The van der Waals surface area contributed by atoms with Crippen LogP contribution in [-0.2, 0) is 14.3 Å². The third-order valence-corrected chi connectivity index (χ3v) is 4.62. The number of ether oxygens (including phenoxy) is 1. The average Bonchev–Trinajstić information content (AvgIpc) is 3.22. The van der Waals surface area contributed by atoms with Crippen LogP contribution in [0.1, 0.15) is 23.8 Å². The zero-order chi connectivity index (χ0) is 18.7. The van der Waals surface area contributed by atoms with E-state index < -0.39 is 23.6 Å². The number of para-hydroxylation sites is 1. The fourth-order valence-electron chi connectivity index (χ4n) is 2.62. The number of thiazole rings is 1. The number of aromatic nitrogens is 1. The van der Waals surface area contributed by atoms with Crippen LogP contribution in [0.25, 0.3) is 0 Å². The number of anilines is 2. The summed E-state index contributed by atoms with van der Waals surface area (Å²) in [6.07, 6.45) is -0.0176. The van der Waals surface area contributed by atoms with Gasteiger partial charge in [-0.2, -0.15) is 0 Å². The Morgan fingerprint density at radius 2 is 2.19 bits per heavy atom. The van der Waals surface area contributed by atoms with Gasteiger partial charge in [0.25, 0.3) is 0 Å². The second kappa shape index (κ2) is 7.61. The van der Waals surface area contributed by atoms with E-state index in [1.54, 1.807) is 13.0 Å². The molecule has 1 N–H and O–H groups in total. The molecule has 2 heterocycles. The van der Waals surface area contributed by atoms with Crippen LogP contribution in [0.3, 0.4) is 0 Å². The summed E-state index contributed by atoms with van der Waals surface area (Å²) in [6, 6.07) is 5.93. The van der Waals surface area contributed by atoms with Gasteiger partial charge in [-0.25, -0.2) is 14.2 Å². The van der Waals surface area contributed by atoms with Gasteiger partial charge in [0, 0.05) is 18.3 Å². The van der Waals surface area contributed by atoms with E-state index in [1.165, 1.54) is 28.5 Å². The first-order chi connectivity index (χ1) is 12.5. The molecule has 0 aliphatic carbocycles. The number of amides is 2. The SMILES string of the molecule is CCOC(=O)c1csc(NC(=O)[C@H]2CC(=O)N(c3ccccc3F)C2)n1. The number of hydrogen-bond acceptors (Lipinski definition) is 6. The smallest absolute Gasteiger partial charge is 0.357 e. The van der Waals surface area contributed by atoms with Crippen LogP contribution in [0.15, 0.2) is 29.6 Å². The highest BCUT2D eigenvalue weighted by molar-refractivity contribution is 7.14. The van der Waals surface area contributed by atoms with Crippen LogP contribution in [-0.4, -0.2) is 35.9 Å². The van der Waals surface area contributed by atoms with Gasteiger partial charge in [-0.1, -0.05) is 12.1 Å². The Labute approximate surface area is 152 Å². The predicted octanol–water partition coefficient (Wildman–Crippen LogP) is 2.45. The lowest BCUT2D eigenvalue weighted by molar-refractivity contribution is -0.122. The average molecular weight is 377 g/mol. The first-order valence-electron chi connectivity index (χ1n) is 7.98. The summed E-state index contributed by atoms with van der Waals surface area (Å²) in [5.41, 5.74) is 0.272. The first-order valence-corrected chi connectivity index (χ1v) is 8.86.